The Kier molecular flexibility index (Phi) is 6.02. The molecule has 1 fully saturated rings. The average molecular weight is 479 g/mol. The minimum atomic E-state index is -0.339. The van der Waals surface area contributed by atoms with E-state index < -0.39 is 0 Å². The van der Waals surface area contributed by atoms with Crippen molar-refractivity contribution in [3.05, 3.63) is 80.9 Å². The van der Waals surface area contributed by atoms with E-state index in [2.05, 4.69) is 15.3 Å². The van der Waals surface area contributed by atoms with E-state index in [1.807, 2.05) is 18.2 Å². The summed E-state index contributed by atoms with van der Waals surface area (Å²) in [6.07, 6.45) is 1.62. The number of nitrogens with one attached hydrogen (secondary N) is 1. The molecule has 4 aromatic rings. The minimum absolute atomic E-state index is 0.0697. The average Bonchev–Trinajstić information content (AvgIpc) is 3.27. The number of halogens is 1. The number of amides is 1. The van der Waals surface area contributed by atoms with Crippen LogP contribution in [0.1, 0.15) is 40.5 Å². The van der Waals surface area contributed by atoms with Crippen LogP contribution in [0.5, 0.6) is 5.75 Å². The molecule has 5 rings (SSSR count). The van der Waals surface area contributed by atoms with Gasteiger partial charge >= 0.3 is 0 Å². The van der Waals surface area contributed by atoms with Gasteiger partial charge in [0.15, 0.2) is 11.2 Å². The van der Waals surface area contributed by atoms with Crippen molar-refractivity contribution in [2.24, 2.45) is 0 Å². The van der Waals surface area contributed by atoms with E-state index in [1.54, 1.807) is 47.0 Å². The summed E-state index contributed by atoms with van der Waals surface area (Å²) in [6.45, 7) is 1.49. The minimum Gasteiger partial charge on any atom is -0.497 e. The second-order valence-electron chi connectivity index (χ2n) is 8.32. The van der Waals surface area contributed by atoms with Crippen molar-refractivity contribution < 1.29 is 9.53 Å². The molecule has 1 aliphatic rings. The van der Waals surface area contributed by atoms with Crippen molar-refractivity contribution in [3.8, 4) is 5.75 Å². The van der Waals surface area contributed by atoms with Crippen LogP contribution >= 0.6 is 11.6 Å². The van der Waals surface area contributed by atoms with Crippen LogP contribution in [0.4, 0.5) is 0 Å². The fraction of sp³-hybridized carbons (Fsp3) is 0.292. The Bertz CT molecular complexity index is 1420. The van der Waals surface area contributed by atoms with E-state index in [1.165, 1.54) is 0 Å². The molecule has 1 aliphatic heterocycles. The van der Waals surface area contributed by atoms with Crippen LogP contribution in [0.3, 0.4) is 0 Å². The molecule has 1 atom stereocenters. The van der Waals surface area contributed by atoms with Crippen LogP contribution in [0, 0.1) is 0 Å². The fourth-order valence-corrected chi connectivity index (χ4v) is 4.53. The van der Waals surface area contributed by atoms with Gasteiger partial charge in [0.25, 0.3) is 11.5 Å². The highest BCUT2D eigenvalue weighted by atomic mass is 35.5. The zero-order valence-electron chi connectivity index (χ0n) is 18.6. The molecule has 1 saturated heterocycles. The molecule has 10 heteroatoms. The van der Waals surface area contributed by atoms with Gasteiger partial charge in [0.1, 0.15) is 11.6 Å². The number of hydrogen-bond donors (Lipinski definition) is 1. The normalized spacial score (nSPS) is 16.1. The lowest BCUT2D eigenvalue weighted by atomic mass is 9.96. The van der Waals surface area contributed by atoms with Crippen LogP contribution < -0.4 is 10.3 Å². The number of aromatic amines is 1. The number of hydrogen-bond acceptors (Lipinski definition) is 6. The smallest absolute Gasteiger partial charge is 0.281 e. The maximum absolute atomic E-state index is 13.1. The van der Waals surface area contributed by atoms with Crippen molar-refractivity contribution in [1.82, 2.24) is 29.9 Å². The fourth-order valence-electron chi connectivity index (χ4n) is 4.31. The van der Waals surface area contributed by atoms with Gasteiger partial charge in [-0.1, -0.05) is 35.0 Å². The molecule has 2 aromatic heterocycles. The third kappa shape index (κ3) is 4.38. The molecule has 0 bridgehead atoms. The van der Waals surface area contributed by atoms with Gasteiger partial charge in [0.05, 0.1) is 13.7 Å². The summed E-state index contributed by atoms with van der Waals surface area (Å²) in [5, 5.41) is 8.77. The van der Waals surface area contributed by atoms with Gasteiger partial charge in [-0.05, 0) is 48.7 Å². The second-order valence-corrected chi connectivity index (χ2v) is 8.76. The zero-order chi connectivity index (χ0) is 23.7. The van der Waals surface area contributed by atoms with Crippen molar-refractivity contribution in [1.29, 1.82) is 0 Å². The van der Waals surface area contributed by atoms with E-state index in [9.17, 15) is 9.59 Å². The molecule has 2 aromatic carbocycles. The van der Waals surface area contributed by atoms with Crippen molar-refractivity contribution >= 4 is 28.7 Å². The number of benzene rings is 2. The number of carbonyl (C=O) groups is 1. The van der Waals surface area contributed by atoms with E-state index in [-0.39, 0.29) is 22.9 Å². The third-order valence-corrected chi connectivity index (χ3v) is 6.26. The number of ether oxygens (including phenoxy) is 1. The van der Waals surface area contributed by atoms with Gasteiger partial charge in [0.2, 0.25) is 0 Å². The molecule has 1 amide bonds. The molecular formula is C24H23ClN6O3. The summed E-state index contributed by atoms with van der Waals surface area (Å²) < 4.78 is 6.85. The molecule has 0 spiro atoms. The molecule has 0 unspecified atom stereocenters. The highest BCUT2D eigenvalue weighted by molar-refractivity contribution is 6.30. The number of nitrogens with zero attached hydrogens (tertiary/aromatic N) is 5. The quantitative estimate of drug-likeness (QED) is 0.472. The van der Waals surface area contributed by atoms with E-state index in [0.29, 0.717) is 47.4 Å². The van der Waals surface area contributed by atoms with E-state index >= 15 is 0 Å². The topological polar surface area (TPSA) is 106 Å². The molecule has 3 heterocycles. The zero-order valence-corrected chi connectivity index (χ0v) is 19.3. The largest absolute Gasteiger partial charge is 0.497 e. The Balaban J connectivity index is 1.42. The summed E-state index contributed by atoms with van der Waals surface area (Å²) in [5.74, 6) is 1.00. The number of methoxy groups -OCH3 is 1. The predicted molar refractivity (Wildman–Crippen MR) is 127 cm³/mol. The number of likely N-dealkylation sites (tertiary alicyclic amines) is 1. The van der Waals surface area contributed by atoms with Crippen LogP contribution in [0.15, 0.2) is 53.3 Å². The van der Waals surface area contributed by atoms with Gasteiger partial charge in [0, 0.05) is 29.6 Å². The lowest BCUT2D eigenvalue weighted by Gasteiger charge is -2.32. The number of aromatic nitrogens is 5. The summed E-state index contributed by atoms with van der Waals surface area (Å²) in [7, 11) is 1.57. The van der Waals surface area contributed by atoms with Gasteiger partial charge < -0.3 is 14.6 Å². The number of H-pyrrole nitrogens is 1. The molecule has 34 heavy (non-hydrogen) atoms. The number of rotatable bonds is 5. The first-order valence-corrected chi connectivity index (χ1v) is 11.4. The Morgan fingerprint density at radius 2 is 2.09 bits per heavy atom. The molecule has 0 saturated carbocycles. The van der Waals surface area contributed by atoms with E-state index in [4.69, 9.17) is 21.3 Å². The summed E-state index contributed by atoms with van der Waals surface area (Å²) >= 11 is 6.10. The SMILES string of the molecule is COc1cccc(C(=O)N2CCC[C@@H](c3nc4c(nnn4Cc4cccc(Cl)c4)c(=O)[nH]3)C2)c1. The Hall–Kier alpha value is -3.72. The maximum Gasteiger partial charge on any atom is 0.281 e. The molecule has 174 valence electrons. The van der Waals surface area contributed by atoms with Gasteiger partial charge in [-0.3, -0.25) is 9.59 Å². The number of piperidine rings is 1. The Labute approximate surface area is 200 Å². The van der Waals surface area contributed by atoms with Gasteiger partial charge in [-0.25, -0.2) is 9.67 Å². The third-order valence-electron chi connectivity index (χ3n) is 6.03. The highest BCUT2D eigenvalue weighted by Gasteiger charge is 2.28. The molecule has 1 N–H and O–H groups in total. The van der Waals surface area contributed by atoms with Gasteiger partial charge in [-0.2, -0.15) is 0 Å². The predicted octanol–water partition coefficient (Wildman–Crippen LogP) is 3.24. The summed E-state index contributed by atoms with van der Waals surface area (Å²) in [5.41, 5.74) is 1.76. The number of carbonyl (C=O) groups excluding carboxylic acids is 1. The van der Waals surface area contributed by atoms with Crippen LogP contribution in [0.2, 0.25) is 5.02 Å². The van der Waals surface area contributed by atoms with Crippen molar-refractivity contribution in [2.45, 2.75) is 25.3 Å². The monoisotopic (exact) mass is 478 g/mol. The maximum atomic E-state index is 13.1. The van der Waals surface area contributed by atoms with Crippen LogP contribution in [0.25, 0.3) is 11.2 Å². The van der Waals surface area contributed by atoms with Crippen LogP contribution in [-0.4, -0.2) is 56.0 Å². The molecule has 9 nitrogen and oxygen atoms in total. The Morgan fingerprint density at radius 3 is 2.91 bits per heavy atom. The molecule has 0 radical (unpaired) electrons. The summed E-state index contributed by atoms with van der Waals surface area (Å²) in [6, 6.07) is 14.5. The molecular weight excluding hydrogens is 456 g/mol. The Morgan fingerprint density at radius 1 is 1.24 bits per heavy atom. The summed E-state index contributed by atoms with van der Waals surface area (Å²) in [4.78, 5) is 35.2. The second kappa shape index (κ2) is 9.26. The first-order valence-electron chi connectivity index (χ1n) is 11.0. The lowest BCUT2D eigenvalue weighted by molar-refractivity contribution is 0.0704. The molecule has 0 aliphatic carbocycles. The first-order chi connectivity index (χ1) is 16.5. The number of fused-ring (bicyclic) bond motifs is 1. The first kappa shape index (κ1) is 22.1. The van der Waals surface area contributed by atoms with E-state index in [0.717, 1.165) is 18.4 Å². The van der Waals surface area contributed by atoms with Crippen molar-refractivity contribution in [2.75, 3.05) is 20.2 Å². The highest BCUT2D eigenvalue weighted by Crippen LogP contribution is 2.26. The van der Waals surface area contributed by atoms with Crippen molar-refractivity contribution in [3.63, 3.8) is 0 Å². The lowest BCUT2D eigenvalue weighted by Crippen LogP contribution is -2.40. The van der Waals surface area contributed by atoms with Gasteiger partial charge in [-0.15, -0.1) is 5.10 Å². The standard InChI is InChI=1S/C24H23ClN6O3/c1-34-19-9-3-6-16(12-19)24(33)30-10-4-7-17(14-30)21-26-22-20(23(32)27-21)28-29-31(22)13-15-5-2-8-18(25)11-15/h2-3,5-6,8-9,11-12,17H,4,7,10,13-14H2,1H3,(H,26,27,32)/t17-/m1/s1. The van der Waals surface area contributed by atoms with Crippen LogP contribution in [-0.2, 0) is 6.54 Å².